The molecule has 1 N–H and O–H groups in total. The van der Waals surface area contributed by atoms with Crippen LogP contribution in [-0.4, -0.2) is 53.2 Å². The summed E-state index contributed by atoms with van der Waals surface area (Å²) < 4.78 is 5.75. The van der Waals surface area contributed by atoms with Gasteiger partial charge in [0, 0.05) is 50.1 Å². The van der Waals surface area contributed by atoms with E-state index in [1.807, 2.05) is 34.1 Å². The first kappa shape index (κ1) is 30.6. The maximum absolute atomic E-state index is 14.0. The number of amides is 3. The molecular weight excluding hydrogens is 590 g/mol. The first-order chi connectivity index (χ1) is 21.9. The van der Waals surface area contributed by atoms with E-state index in [-0.39, 0.29) is 35.3 Å². The van der Waals surface area contributed by atoms with Crippen molar-refractivity contribution in [2.45, 2.75) is 57.0 Å². The molecule has 0 radical (unpaired) electrons. The fourth-order valence-electron chi connectivity index (χ4n) is 6.44. The van der Waals surface area contributed by atoms with E-state index in [1.165, 1.54) is 17.2 Å². The summed E-state index contributed by atoms with van der Waals surface area (Å²) in [5.74, 6) is -0.474. The quantitative estimate of drug-likeness (QED) is 0.271. The van der Waals surface area contributed by atoms with Crippen molar-refractivity contribution in [1.82, 2.24) is 15.1 Å². The lowest BCUT2D eigenvalue weighted by Gasteiger charge is -2.36. The van der Waals surface area contributed by atoms with Crippen molar-refractivity contribution < 1.29 is 18.8 Å². The molecule has 0 unspecified atom stereocenters. The molecule has 3 heterocycles. The number of halogens is 1. The van der Waals surface area contributed by atoms with Gasteiger partial charge in [0.2, 0.25) is 11.8 Å². The number of likely N-dealkylation sites (tertiary alicyclic amines) is 2. The molecule has 45 heavy (non-hydrogen) atoms. The number of benzene rings is 3. The maximum atomic E-state index is 14.0. The lowest BCUT2D eigenvalue weighted by atomic mass is 9.86. The molecule has 1 aromatic heterocycles. The molecule has 2 fully saturated rings. The third-order valence-electron chi connectivity index (χ3n) is 8.90. The van der Waals surface area contributed by atoms with E-state index in [0.29, 0.717) is 42.0 Å². The number of hydrogen-bond acceptors (Lipinski definition) is 5. The summed E-state index contributed by atoms with van der Waals surface area (Å²) >= 11 is 6.09. The Balaban J connectivity index is 1.17. The molecule has 2 aliphatic rings. The lowest BCUT2D eigenvalue weighted by molar-refractivity contribution is -0.135. The van der Waals surface area contributed by atoms with E-state index in [1.54, 1.807) is 36.4 Å². The number of nitrogens with one attached hydrogen (secondary N) is 1. The largest absolute Gasteiger partial charge is 0.451 e. The summed E-state index contributed by atoms with van der Waals surface area (Å²) in [6.45, 7) is 2.49. The molecule has 3 aromatic carbocycles. The third-order valence-corrected chi connectivity index (χ3v) is 9.15. The van der Waals surface area contributed by atoms with E-state index >= 15 is 0 Å². The first-order valence-corrected chi connectivity index (χ1v) is 16.0. The second-order valence-electron chi connectivity index (χ2n) is 11.9. The Morgan fingerprint density at radius 3 is 2.42 bits per heavy atom. The molecule has 8 nitrogen and oxygen atoms in total. The van der Waals surface area contributed by atoms with Crippen LogP contribution in [0.4, 0.5) is 0 Å². The molecular formula is C36H36ClN3O5. The second-order valence-corrected chi connectivity index (χ2v) is 12.3. The van der Waals surface area contributed by atoms with Crippen molar-refractivity contribution in [3.05, 3.63) is 117 Å². The van der Waals surface area contributed by atoms with Crippen LogP contribution in [0.25, 0.3) is 11.0 Å². The summed E-state index contributed by atoms with van der Waals surface area (Å²) in [6.07, 6.45) is 4.42. The molecule has 6 rings (SSSR count). The number of hydrogen-bond donors (Lipinski definition) is 1. The van der Waals surface area contributed by atoms with Crippen molar-refractivity contribution in [3.8, 4) is 0 Å². The summed E-state index contributed by atoms with van der Waals surface area (Å²) in [5.41, 5.74) is 3.23. The minimum Gasteiger partial charge on any atom is -0.451 e. The van der Waals surface area contributed by atoms with Crippen molar-refractivity contribution in [2.75, 3.05) is 19.6 Å². The normalized spacial score (nSPS) is 16.5. The Hall–Kier alpha value is -4.43. The van der Waals surface area contributed by atoms with Crippen LogP contribution in [0.5, 0.6) is 0 Å². The fourth-order valence-corrected chi connectivity index (χ4v) is 6.57. The first-order valence-electron chi connectivity index (χ1n) is 15.6. The molecule has 9 heteroatoms. The van der Waals surface area contributed by atoms with Crippen LogP contribution in [-0.2, 0) is 22.6 Å². The molecule has 0 bridgehead atoms. The molecule has 232 valence electrons. The summed E-state index contributed by atoms with van der Waals surface area (Å²) in [5, 5.41) is 3.82. The zero-order chi connectivity index (χ0) is 31.3. The van der Waals surface area contributed by atoms with Crippen molar-refractivity contribution >= 4 is 40.3 Å². The zero-order valence-electron chi connectivity index (χ0n) is 25.0. The molecule has 0 spiro atoms. The van der Waals surface area contributed by atoms with Gasteiger partial charge < -0.3 is 19.5 Å². The summed E-state index contributed by atoms with van der Waals surface area (Å²) in [7, 11) is 0. The highest BCUT2D eigenvalue weighted by Crippen LogP contribution is 2.32. The van der Waals surface area contributed by atoms with E-state index in [0.717, 1.165) is 37.8 Å². The highest BCUT2D eigenvalue weighted by atomic mass is 35.5. The van der Waals surface area contributed by atoms with E-state index < -0.39 is 11.9 Å². The number of rotatable bonds is 8. The molecule has 4 aromatic rings. The molecule has 2 saturated heterocycles. The van der Waals surface area contributed by atoms with Gasteiger partial charge in [-0.1, -0.05) is 60.1 Å². The van der Waals surface area contributed by atoms with E-state index in [4.69, 9.17) is 16.0 Å². The van der Waals surface area contributed by atoms with Crippen LogP contribution in [0.15, 0.2) is 88.1 Å². The van der Waals surface area contributed by atoms with Gasteiger partial charge in [0.1, 0.15) is 11.6 Å². The molecule has 3 amide bonds. The Bertz CT molecular complexity index is 1760. The number of nitrogens with zero attached hydrogens (tertiary/aromatic N) is 2. The molecule has 1 atom stereocenters. The van der Waals surface area contributed by atoms with Crippen LogP contribution in [0, 0.1) is 0 Å². The number of carbonyl (C=O) groups is 3. The molecule has 2 aliphatic heterocycles. The van der Waals surface area contributed by atoms with Crippen molar-refractivity contribution in [2.24, 2.45) is 0 Å². The van der Waals surface area contributed by atoms with Gasteiger partial charge in [-0.05, 0) is 72.6 Å². The number of fused-ring (bicyclic) bond motifs is 1. The Labute approximate surface area is 267 Å². The average Bonchev–Trinajstić information content (AvgIpc) is 3.06. The van der Waals surface area contributed by atoms with Gasteiger partial charge >= 0.3 is 0 Å². The third kappa shape index (κ3) is 7.12. The van der Waals surface area contributed by atoms with Crippen LogP contribution in [0.2, 0.25) is 5.02 Å². The lowest BCUT2D eigenvalue weighted by Crippen LogP contribution is -2.51. The smallest absolute Gasteiger partial charge is 0.287 e. The minimum absolute atomic E-state index is 0.143. The Kier molecular flexibility index (Phi) is 9.31. The van der Waals surface area contributed by atoms with Crippen LogP contribution >= 0.6 is 11.6 Å². The van der Waals surface area contributed by atoms with Gasteiger partial charge in [0.25, 0.3) is 5.91 Å². The molecule has 0 saturated carbocycles. The molecule has 0 aliphatic carbocycles. The SMILES string of the molecule is O=C(N[C@@H](Cc1ccc(Cl)cc1)C(=O)N1CCC(c2ccccc2CN2CCCCC2=O)CC1)c1cc(=O)c2ccccc2o1. The maximum Gasteiger partial charge on any atom is 0.287 e. The van der Waals surface area contributed by atoms with Crippen molar-refractivity contribution in [1.29, 1.82) is 0 Å². The van der Waals surface area contributed by atoms with Crippen molar-refractivity contribution in [3.63, 3.8) is 0 Å². The minimum atomic E-state index is -0.871. The monoisotopic (exact) mass is 625 g/mol. The van der Waals surface area contributed by atoms with E-state index in [2.05, 4.69) is 17.4 Å². The van der Waals surface area contributed by atoms with E-state index in [9.17, 15) is 19.2 Å². The van der Waals surface area contributed by atoms with Gasteiger partial charge in [-0.15, -0.1) is 0 Å². The predicted molar refractivity (Wildman–Crippen MR) is 173 cm³/mol. The standard InChI is InChI=1S/C36H36ClN3O5/c37-27-14-12-24(13-15-27)21-30(38-35(43)33-22-31(41)29-9-3-4-10-32(29)45-33)36(44)39-19-16-25(17-20-39)28-8-2-1-7-26(28)23-40-18-6-5-11-34(40)42/h1-4,7-10,12-15,22,25,30H,5-6,11,16-21,23H2,(H,38,43)/t30-/m0/s1. The Morgan fingerprint density at radius 1 is 0.911 bits per heavy atom. The Morgan fingerprint density at radius 2 is 1.64 bits per heavy atom. The fraction of sp³-hybridized carbons (Fsp3) is 0.333. The average molecular weight is 626 g/mol. The van der Waals surface area contributed by atoms with Gasteiger partial charge in [0.15, 0.2) is 11.2 Å². The zero-order valence-corrected chi connectivity index (χ0v) is 25.8. The highest BCUT2D eigenvalue weighted by Gasteiger charge is 2.32. The number of piperidine rings is 2. The highest BCUT2D eigenvalue weighted by molar-refractivity contribution is 6.30. The topological polar surface area (TPSA) is 99.9 Å². The van der Waals surface area contributed by atoms with Crippen LogP contribution < -0.4 is 10.7 Å². The van der Waals surface area contributed by atoms with Gasteiger partial charge in [-0.2, -0.15) is 0 Å². The summed E-state index contributed by atoms with van der Waals surface area (Å²) in [4.78, 5) is 56.3. The van der Waals surface area contributed by atoms with Crippen LogP contribution in [0.3, 0.4) is 0 Å². The number of carbonyl (C=O) groups excluding carboxylic acids is 3. The van der Waals surface area contributed by atoms with Gasteiger partial charge in [-0.3, -0.25) is 19.2 Å². The second kappa shape index (κ2) is 13.7. The summed E-state index contributed by atoms with van der Waals surface area (Å²) in [6, 6.07) is 22.5. The van der Waals surface area contributed by atoms with Crippen LogP contribution in [0.1, 0.15) is 65.3 Å². The van der Waals surface area contributed by atoms with Gasteiger partial charge in [0.05, 0.1) is 5.39 Å². The van der Waals surface area contributed by atoms with Gasteiger partial charge in [-0.25, -0.2) is 0 Å². The predicted octanol–water partition coefficient (Wildman–Crippen LogP) is 5.71. The number of para-hydroxylation sites is 1.